The summed E-state index contributed by atoms with van der Waals surface area (Å²) in [7, 11) is 0. The number of nitrogens with one attached hydrogen (secondary N) is 2. The number of alkyl carbamates (subject to hydrolysis) is 1. The summed E-state index contributed by atoms with van der Waals surface area (Å²) in [6.07, 6.45) is 2.95. The number of piperidine rings is 1. The van der Waals surface area contributed by atoms with E-state index in [2.05, 4.69) is 27.3 Å². The lowest BCUT2D eigenvalue weighted by Crippen LogP contribution is -2.54. The summed E-state index contributed by atoms with van der Waals surface area (Å²) >= 11 is 12.8. The Balaban J connectivity index is 1.75. The molecule has 0 radical (unpaired) electrons. The zero-order chi connectivity index (χ0) is 20.5. The number of hydrogen-bond donors (Lipinski definition) is 2. The van der Waals surface area contributed by atoms with Gasteiger partial charge < -0.3 is 15.0 Å². The van der Waals surface area contributed by atoms with Crippen LogP contribution in [0.3, 0.4) is 0 Å². The number of aromatic nitrogens is 2. The SMILES string of the molecule is CC1(NC(=O)OC(C)(C)C)CCN(c2ccc(Cl)c(Cl)c2-c2cc[nH]n2)CC1. The molecule has 0 bridgehead atoms. The predicted molar refractivity (Wildman–Crippen MR) is 113 cm³/mol. The molecule has 2 N–H and O–H groups in total. The summed E-state index contributed by atoms with van der Waals surface area (Å²) in [4.78, 5) is 14.4. The first-order valence-corrected chi connectivity index (χ1v) is 10.1. The molecule has 2 heterocycles. The van der Waals surface area contributed by atoms with E-state index >= 15 is 0 Å². The summed E-state index contributed by atoms with van der Waals surface area (Å²) in [6.45, 7) is 9.16. The van der Waals surface area contributed by atoms with E-state index in [9.17, 15) is 4.79 Å². The van der Waals surface area contributed by atoms with E-state index in [1.165, 1.54) is 0 Å². The number of H-pyrrole nitrogens is 1. The molecule has 2 aromatic rings. The number of halogens is 2. The van der Waals surface area contributed by atoms with Crippen LogP contribution < -0.4 is 10.2 Å². The van der Waals surface area contributed by atoms with Crippen LogP contribution in [0.15, 0.2) is 24.4 Å². The molecular formula is C20H26Cl2N4O2. The zero-order valence-electron chi connectivity index (χ0n) is 16.6. The van der Waals surface area contributed by atoms with Gasteiger partial charge in [-0.15, -0.1) is 0 Å². The third-order valence-corrected chi connectivity index (χ3v) is 5.64. The van der Waals surface area contributed by atoms with Gasteiger partial charge in [-0.05, 0) is 58.7 Å². The van der Waals surface area contributed by atoms with E-state index in [-0.39, 0.29) is 11.6 Å². The first-order chi connectivity index (χ1) is 13.1. The van der Waals surface area contributed by atoms with Crippen molar-refractivity contribution < 1.29 is 9.53 Å². The van der Waals surface area contributed by atoms with Gasteiger partial charge in [-0.3, -0.25) is 5.10 Å². The van der Waals surface area contributed by atoms with E-state index in [0.717, 1.165) is 42.9 Å². The van der Waals surface area contributed by atoms with Gasteiger partial charge in [-0.25, -0.2) is 4.79 Å². The summed E-state index contributed by atoms with van der Waals surface area (Å²) in [5.41, 5.74) is 1.73. The third-order valence-electron chi connectivity index (χ3n) is 4.84. The largest absolute Gasteiger partial charge is 0.444 e. The van der Waals surface area contributed by atoms with Crippen LogP contribution in [0.2, 0.25) is 10.0 Å². The van der Waals surface area contributed by atoms with Gasteiger partial charge in [0.2, 0.25) is 0 Å². The number of hydrogen-bond acceptors (Lipinski definition) is 4. The van der Waals surface area contributed by atoms with Gasteiger partial charge in [-0.2, -0.15) is 5.10 Å². The molecule has 0 spiro atoms. The lowest BCUT2D eigenvalue weighted by Gasteiger charge is -2.41. The fourth-order valence-electron chi connectivity index (χ4n) is 3.36. The molecule has 1 aliphatic heterocycles. The maximum Gasteiger partial charge on any atom is 0.408 e. The first kappa shape index (κ1) is 20.8. The molecule has 0 unspecified atom stereocenters. The number of rotatable bonds is 3. The molecular weight excluding hydrogens is 399 g/mol. The predicted octanol–water partition coefficient (Wildman–Crippen LogP) is 5.27. The number of carbonyl (C=O) groups excluding carboxylic acids is 1. The highest BCUT2D eigenvalue weighted by Gasteiger charge is 2.34. The van der Waals surface area contributed by atoms with Gasteiger partial charge in [0.05, 0.1) is 15.7 Å². The van der Waals surface area contributed by atoms with Crippen LogP contribution >= 0.6 is 23.2 Å². The Hall–Kier alpha value is -1.92. The van der Waals surface area contributed by atoms with E-state index < -0.39 is 5.60 Å². The van der Waals surface area contributed by atoms with Gasteiger partial charge in [-0.1, -0.05) is 23.2 Å². The molecule has 0 atom stereocenters. The fraction of sp³-hybridized carbons (Fsp3) is 0.500. The molecule has 1 aromatic heterocycles. The number of carbonyl (C=O) groups is 1. The van der Waals surface area contributed by atoms with Crippen LogP contribution in [0.5, 0.6) is 0 Å². The maximum atomic E-state index is 12.2. The van der Waals surface area contributed by atoms with Crippen LogP contribution in [0.4, 0.5) is 10.5 Å². The van der Waals surface area contributed by atoms with Crippen molar-refractivity contribution in [3.8, 4) is 11.3 Å². The number of ether oxygens (including phenoxy) is 1. The smallest absolute Gasteiger partial charge is 0.408 e. The van der Waals surface area contributed by atoms with Crippen LogP contribution in [0.25, 0.3) is 11.3 Å². The topological polar surface area (TPSA) is 70.2 Å². The van der Waals surface area contributed by atoms with Crippen molar-refractivity contribution in [3.05, 3.63) is 34.4 Å². The minimum atomic E-state index is -0.514. The lowest BCUT2D eigenvalue weighted by atomic mass is 9.89. The van der Waals surface area contributed by atoms with Crippen molar-refractivity contribution in [3.63, 3.8) is 0 Å². The maximum absolute atomic E-state index is 12.2. The minimum absolute atomic E-state index is 0.318. The average molecular weight is 425 g/mol. The zero-order valence-corrected chi connectivity index (χ0v) is 18.1. The quantitative estimate of drug-likeness (QED) is 0.703. The van der Waals surface area contributed by atoms with Crippen molar-refractivity contribution in [1.82, 2.24) is 15.5 Å². The molecule has 1 saturated heterocycles. The minimum Gasteiger partial charge on any atom is -0.444 e. The summed E-state index contributed by atoms with van der Waals surface area (Å²) in [6, 6.07) is 5.66. The average Bonchev–Trinajstić information content (AvgIpc) is 3.10. The molecule has 1 amide bonds. The van der Waals surface area contributed by atoms with Crippen molar-refractivity contribution in [1.29, 1.82) is 0 Å². The second-order valence-corrected chi connectivity index (χ2v) is 9.17. The monoisotopic (exact) mass is 424 g/mol. The summed E-state index contributed by atoms with van der Waals surface area (Å²) in [5.74, 6) is 0. The van der Waals surface area contributed by atoms with Gasteiger partial charge in [0.25, 0.3) is 0 Å². The standard InChI is InChI=1S/C20H26Cl2N4O2/c1-19(2,3)28-18(27)24-20(4)8-11-26(12-9-20)15-6-5-13(21)17(22)16(15)14-7-10-23-25-14/h5-7,10H,8-9,11-12H2,1-4H3,(H,23,25)(H,24,27). The Morgan fingerprint density at radius 2 is 1.93 bits per heavy atom. The first-order valence-electron chi connectivity index (χ1n) is 9.32. The van der Waals surface area contributed by atoms with Crippen LogP contribution in [-0.4, -0.2) is 40.5 Å². The number of amides is 1. The van der Waals surface area contributed by atoms with Crippen molar-refractivity contribution in [2.75, 3.05) is 18.0 Å². The molecule has 1 aromatic carbocycles. The van der Waals surface area contributed by atoms with Crippen molar-refractivity contribution in [2.45, 2.75) is 51.7 Å². The number of nitrogens with zero attached hydrogens (tertiary/aromatic N) is 2. The van der Waals surface area contributed by atoms with Gasteiger partial charge >= 0.3 is 6.09 Å². The summed E-state index contributed by atoms with van der Waals surface area (Å²) < 4.78 is 5.41. The Morgan fingerprint density at radius 3 is 2.50 bits per heavy atom. The Morgan fingerprint density at radius 1 is 1.25 bits per heavy atom. The van der Waals surface area contributed by atoms with Crippen LogP contribution in [-0.2, 0) is 4.74 Å². The Kier molecular flexibility index (Phi) is 5.82. The van der Waals surface area contributed by atoms with Crippen LogP contribution in [0.1, 0.15) is 40.5 Å². The molecule has 0 aliphatic carbocycles. The lowest BCUT2D eigenvalue weighted by molar-refractivity contribution is 0.0448. The molecule has 152 valence electrons. The molecule has 28 heavy (non-hydrogen) atoms. The fourth-order valence-corrected chi connectivity index (χ4v) is 3.78. The molecule has 1 aliphatic rings. The highest BCUT2D eigenvalue weighted by Crippen LogP contribution is 2.41. The molecule has 3 rings (SSSR count). The van der Waals surface area contributed by atoms with E-state index in [1.807, 2.05) is 39.0 Å². The molecule has 8 heteroatoms. The highest BCUT2D eigenvalue weighted by molar-refractivity contribution is 6.44. The van der Waals surface area contributed by atoms with E-state index in [0.29, 0.717) is 10.0 Å². The second kappa shape index (κ2) is 7.84. The number of benzene rings is 1. The van der Waals surface area contributed by atoms with Gasteiger partial charge in [0.15, 0.2) is 0 Å². The Labute approximate surface area is 175 Å². The summed E-state index contributed by atoms with van der Waals surface area (Å²) in [5, 5.41) is 11.1. The Bertz CT molecular complexity index is 839. The van der Waals surface area contributed by atoms with Gasteiger partial charge in [0, 0.05) is 36.1 Å². The molecule has 6 nitrogen and oxygen atoms in total. The van der Waals surface area contributed by atoms with E-state index in [4.69, 9.17) is 27.9 Å². The van der Waals surface area contributed by atoms with Gasteiger partial charge in [0.1, 0.15) is 5.60 Å². The second-order valence-electron chi connectivity index (χ2n) is 8.39. The van der Waals surface area contributed by atoms with Crippen molar-refractivity contribution in [2.24, 2.45) is 0 Å². The molecule has 1 fully saturated rings. The number of anilines is 1. The number of aromatic amines is 1. The highest BCUT2D eigenvalue weighted by atomic mass is 35.5. The van der Waals surface area contributed by atoms with Crippen molar-refractivity contribution >= 4 is 35.0 Å². The van der Waals surface area contributed by atoms with E-state index in [1.54, 1.807) is 6.20 Å². The van der Waals surface area contributed by atoms with Crippen LogP contribution in [0, 0.1) is 0 Å². The normalized spacial score (nSPS) is 16.7. The molecule has 0 saturated carbocycles. The third kappa shape index (κ3) is 4.73.